The molecule has 0 amide bonds. The number of allylic oxidation sites excluding steroid dienone is 2. The zero-order valence-corrected chi connectivity index (χ0v) is 12.1. The molecule has 19 heavy (non-hydrogen) atoms. The Bertz CT molecular complexity index is 393. The molecular weight excluding hydrogens is 242 g/mol. The first-order valence-electron chi connectivity index (χ1n) is 6.75. The van der Waals surface area contributed by atoms with E-state index < -0.39 is 11.1 Å². The summed E-state index contributed by atoms with van der Waals surface area (Å²) < 4.78 is 5.59. The highest BCUT2D eigenvalue weighted by Gasteiger charge is 2.47. The largest absolute Gasteiger partial charge is 0.462 e. The zero-order chi connectivity index (χ0) is 14.3. The van der Waals surface area contributed by atoms with E-state index in [1.165, 1.54) is 0 Å². The molecule has 4 nitrogen and oxygen atoms in total. The summed E-state index contributed by atoms with van der Waals surface area (Å²) in [6.45, 7) is 7.60. The van der Waals surface area contributed by atoms with Gasteiger partial charge in [0.15, 0.2) is 0 Å². The quantitative estimate of drug-likeness (QED) is 0.720. The minimum absolute atomic E-state index is 0.190. The highest BCUT2D eigenvalue weighted by molar-refractivity contribution is 5.77. The van der Waals surface area contributed by atoms with E-state index in [4.69, 9.17) is 4.74 Å². The lowest BCUT2D eigenvalue weighted by Crippen LogP contribution is -2.60. The molecule has 2 rings (SSSR count). The van der Waals surface area contributed by atoms with Gasteiger partial charge in [-0.05, 0) is 27.7 Å². The molecule has 0 N–H and O–H groups in total. The van der Waals surface area contributed by atoms with Crippen LogP contribution in [-0.4, -0.2) is 28.2 Å². The third kappa shape index (κ3) is 2.90. The van der Waals surface area contributed by atoms with Gasteiger partial charge in [0.05, 0.1) is 5.92 Å². The second kappa shape index (κ2) is 4.76. The number of esters is 1. The van der Waals surface area contributed by atoms with Crippen LogP contribution in [0, 0.1) is 5.92 Å². The minimum Gasteiger partial charge on any atom is -0.462 e. The molecule has 1 saturated heterocycles. The third-order valence-electron chi connectivity index (χ3n) is 3.86. The number of nitrogens with zero attached hydrogens (tertiary/aromatic N) is 1. The first-order valence-corrected chi connectivity index (χ1v) is 6.75. The van der Waals surface area contributed by atoms with Crippen molar-refractivity contribution in [3.05, 3.63) is 24.3 Å². The smallest absolute Gasteiger partial charge is 0.316 e. The van der Waals surface area contributed by atoms with Crippen molar-refractivity contribution in [1.82, 2.24) is 5.06 Å². The van der Waals surface area contributed by atoms with Crippen molar-refractivity contribution in [3.63, 3.8) is 0 Å². The van der Waals surface area contributed by atoms with Gasteiger partial charge in [0, 0.05) is 23.9 Å². The Kier molecular flexibility index (Phi) is 3.58. The Labute approximate surface area is 114 Å². The Morgan fingerprint density at radius 1 is 1.11 bits per heavy atom. The molecule has 0 aromatic carbocycles. The monoisotopic (exact) mass is 264 g/mol. The maximum Gasteiger partial charge on any atom is 0.316 e. The van der Waals surface area contributed by atoms with Crippen LogP contribution in [0.4, 0.5) is 0 Å². The van der Waals surface area contributed by atoms with E-state index in [1.54, 1.807) is 0 Å². The topological polar surface area (TPSA) is 49.4 Å². The Morgan fingerprint density at radius 3 is 2.05 bits per heavy atom. The Morgan fingerprint density at radius 2 is 1.58 bits per heavy atom. The number of carbonyl (C=O) groups is 1. The maximum absolute atomic E-state index is 12.2. The molecule has 2 aliphatic rings. The first-order chi connectivity index (χ1) is 8.72. The highest BCUT2D eigenvalue weighted by atomic mass is 16.5. The summed E-state index contributed by atoms with van der Waals surface area (Å²) in [6, 6.07) is 0. The van der Waals surface area contributed by atoms with Crippen molar-refractivity contribution < 1.29 is 14.7 Å². The van der Waals surface area contributed by atoms with Crippen molar-refractivity contribution in [2.45, 2.75) is 57.7 Å². The number of hydroxylamine groups is 2. The predicted molar refractivity (Wildman–Crippen MR) is 71.6 cm³/mol. The van der Waals surface area contributed by atoms with Crippen LogP contribution in [0.1, 0.15) is 40.5 Å². The SMILES string of the molecule is CC1(C)CC(OC(=O)C2C=CC=C2)CC(C)(C)N1[O]. The van der Waals surface area contributed by atoms with Crippen LogP contribution in [0.2, 0.25) is 0 Å². The average molecular weight is 264 g/mol. The van der Waals surface area contributed by atoms with Gasteiger partial charge >= 0.3 is 5.97 Å². The molecule has 0 unspecified atom stereocenters. The average Bonchev–Trinajstić information content (AvgIpc) is 2.78. The van der Waals surface area contributed by atoms with Gasteiger partial charge < -0.3 is 4.74 Å². The second-order valence-electron chi connectivity index (χ2n) is 6.68. The Hall–Kier alpha value is -1.13. The summed E-state index contributed by atoms with van der Waals surface area (Å²) >= 11 is 0. The van der Waals surface area contributed by atoms with Gasteiger partial charge in [0.1, 0.15) is 6.10 Å². The molecule has 1 aliphatic heterocycles. The number of ether oxygens (including phenoxy) is 1. The van der Waals surface area contributed by atoms with E-state index >= 15 is 0 Å². The minimum atomic E-state index is -0.506. The molecule has 1 radical (unpaired) electrons. The van der Waals surface area contributed by atoms with Gasteiger partial charge in [0.2, 0.25) is 0 Å². The molecule has 0 bridgehead atoms. The van der Waals surface area contributed by atoms with Crippen molar-refractivity contribution >= 4 is 5.97 Å². The number of carbonyl (C=O) groups excluding carboxylic acids is 1. The lowest BCUT2D eigenvalue weighted by molar-refractivity contribution is -0.299. The molecule has 1 aliphatic carbocycles. The maximum atomic E-state index is 12.2. The fourth-order valence-corrected chi connectivity index (χ4v) is 3.09. The number of rotatable bonds is 2. The number of piperidine rings is 1. The number of hydrogen-bond acceptors (Lipinski definition) is 3. The van der Waals surface area contributed by atoms with Crippen LogP contribution in [0.25, 0.3) is 0 Å². The third-order valence-corrected chi connectivity index (χ3v) is 3.86. The van der Waals surface area contributed by atoms with Gasteiger partial charge in [-0.25, -0.2) is 0 Å². The molecular formula is C15H22NO3. The van der Waals surface area contributed by atoms with Gasteiger partial charge in [-0.1, -0.05) is 24.3 Å². The molecule has 1 heterocycles. The van der Waals surface area contributed by atoms with Crippen LogP contribution in [0.15, 0.2) is 24.3 Å². The fraction of sp³-hybridized carbons (Fsp3) is 0.667. The zero-order valence-electron chi connectivity index (χ0n) is 12.1. The van der Waals surface area contributed by atoms with Gasteiger partial charge in [-0.2, -0.15) is 0 Å². The van der Waals surface area contributed by atoms with Crippen molar-refractivity contribution in [3.8, 4) is 0 Å². The molecule has 0 spiro atoms. The van der Waals surface area contributed by atoms with Crippen LogP contribution in [0.5, 0.6) is 0 Å². The number of hydrogen-bond donors (Lipinski definition) is 0. The first kappa shape index (κ1) is 14.3. The van der Waals surface area contributed by atoms with Gasteiger partial charge in [-0.3, -0.25) is 4.79 Å². The molecule has 0 aromatic heterocycles. The molecule has 1 fully saturated rings. The fourth-order valence-electron chi connectivity index (χ4n) is 3.09. The van der Waals surface area contributed by atoms with E-state index in [9.17, 15) is 10.0 Å². The van der Waals surface area contributed by atoms with E-state index in [0.717, 1.165) is 5.06 Å². The molecule has 0 saturated carbocycles. The van der Waals surface area contributed by atoms with E-state index in [1.807, 2.05) is 52.0 Å². The lowest BCUT2D eigenvalue weighted by atomic mass is 9.80. The van der Waals surface area contributed by atoms with Crippen LogP contribution >= 0.6 is 0 Å². The van der Waals surface area contributed by atoms with Crippen LogP contribution < -0.4 is 0 Å². The standard InChI is InChI=1S/C15H22NO3/c1-14(2)9-12(10-15(3,4)16(14)18)19-13(17)11-7-5-6-8-11/h5-8,11-12H,9-10H2,1-4H3. The summed E-state index contributed by atoms with van der Waals surface area (Å²) in [5, 5.41) is 13.3. The van der Waals surface area contributed by atoms with E-state index in [-0.39, 0.29) is 18.0 Å². The van der Waals surface area contributed by atoms with Crippen molar-refractivity contribution in [2.75, 3.05) is 0 Å². The molecule has 0 atom stereocenters. The summed E-state index contributed by atoms with van der Waals surface area (Å²) in [4.78, 5) is 12.0. The summed E-state index contributed by atoms with van der Waals surface area (Å²) in [7, 11) is 0. The lowest BCUT2D eigenvalue weighted by Gasteiger charge is -2.49. The van der Waals surface area contributed by atoms with Crippen molar-refractivity contribution in [2.24, 2.45) is 5.92 Å². The summed E-state index contributed by atoms with van der Waals surface area (Å²) in [5.74, 6) is -0.488. The second-order valence-corrected chi connectivity index (χ2v) is 6.68. The highest BCUT2D eigenvalue weighted by Crippen LogP contribution is 2.38. The summed E-state index contributed by atoms with van der Waals surface area (Å²) in [5.41, 5.74) is -1.01. The van der Waals surface area contributed by atoms with Gasteiger partial charge in [-0.15, -0.1) is 10.3 Å². The summed E-state index contributed by atoms with van der Waals surface area (Å²) in [6.07, 6.45) is 8.30. The molecule has 4 heteroatoms. The van der Waals surface area contributed by atoms with Crippen molar-refractivity contribution in [1.29, 1.82) is 0 Å². The van der Waals surface area contributed by atoms with Gasteiger partial charge in [0.25, 0.3) is 0 Å². The van der Waals surface area contributed by atoms with Crippen LogP contribution in [0.3, 0.4) is 0 Å². The van der Waals surface area contributed by atoms with E-state index in [2.05, 4.69) is 0 Å². The predicted octanol–water partition coefficient (Wildman–Crippen LogP) is 2.64. The molecule has 105 valence electrons. The van der Waals surface area contributed by atoms with E-state index in [0.29, 0.717) is 12.8 Å². The Balaban J connectivity index is 2.03. The molecule has 0 aromatic rings. The van der Waals surface area contributed by atoms with Crippen LogP contribution in [-0.2, 0) is 14.7 Å². The normalized spacial score (nSPS) is 26.8.